The van der Waals surface area contributed by atoms with Crippen molar-refractivity contribution in [1.82, 2.24) is 9.80 Å². The molecule has 5 nitrogen and oxygen atoms in total. The first-order valence-corrected chi connectivity index (χ1v) is 10.1. The van der Waals surface area contributed by atoms with Crippen LogP contribution in [0.3, 0.4) is 0 Å². The van der Waals surface area contributed by atoms with E-state index in [0.29, 0.717) is 19.1 Å². The van der Waals surface area contributed by atoms with Gasteiger partial charge in [0.15, 0.2) is 11.5 Å². The van der Waals surface area contributed by atoms with Gasteiger partial charge in [-0.1, -0.05) is 45.1 Å². The zero-order valence-electron chi connectivity index (χ0n) is 16.0. The Hall–Kier alpha value is -1.75. The highest BCUT2D eigenvalue weighted by Gasteiger charge is 2.21. The van der Waals surface area contributed by atoms with Gasteiger partial charge in [-0.3, -0.25) is 9.69 Å². The third kappa shape index (κ3) is 5.37. The zero-order valence-corrected chi connectivity index (χ0v) is 16.0. The molecule has 2 aliphatic rings. The molecule has 0 saturated carbocycles. The zero-order chi connectivity index (χ0) is 18.2. The Labute approximate surface area is 157 Å². The second-order valence-electron chi connectivity index (χ2n) is 7.36. The fourth-order valence-corrected chi connectivity index (χ4v) is 3.67. The average molecular weight is 360 g/mol. The van der Waals surface area contributed by atoms with E-state index in [0.717, 1.165) is 50.6 Å². The van der Waals surface area contributed by atoms with Crippen LogP contribution in [-0.2, 0) is 11.3 Å². The largest absolute Gasteiger partial charge is 0.454 e. The third-order valence-electron chi connectivity index (χ3n) is 5.31. The lowest BCUT2D eigenvalue weighted by Crippen LogP contribution is -2.48. The SMILES string of the molecule is CCCCCCCCC(=O)N1CCN(Cc2ccc3c(c2)OCO3)CC1. The summed E-state index contributed by atoms with van der Waals surface area (Å²) in [7, 11) is 0. The van der Waals surface area contributed by atoms with Crippen LogP contribution in [0, 0.1) is 0 Å². The molecular weight excluding hydrogens is 328 g/mol. The van der Waals surface area contributed by atoms with Gasteiger partial charge in [-0.05, 0) is 24.1 Å². The molecule has 144 valence electrons. The molecule has 1 aromatic carbocycles. The second-order valence-corrected chi connectivity index (χ2v) is 7.36. The van der Waals surface area contributed by atoms with Gasteiger partial charge >= 0.3 is 0 Å². The molecule has 1 amide bonds. The molecule has 1 fully saturated rings. The number of hydrogen-bond donors (Lipinski definition) is 0. The minimum atomic E-state index is 0.318. The number of amides is 1. The number of hydrogen-bond acceptors (Lipinski definition) is 4. The number of rotatable bonds is 9. The molecule has 26 heavy (non-hydrogen) atoms. The van der Waals surface area contributed by atoms with Crippen molar-refractivity contribution in [2.75, 3.05) is 33.0 Å². The number of fused-ring (bicyclic) bond motifs is 1. The second kappa shape index (κ2) is 9.81. The molecule has 0 radical (unpaired) electrons. The smallest absolute Gasteiger partial charge is 0.231 e. The van der Waals surface area contributed by atoms with Crippen LogP contribution in [0.2, 0.25) is 0 Å². The van der Waals surface area contributed by atoms with Gasteiger partial charge in [-0.15, -0.1) is 0 Å². The Morgan fingerprint density at radius 1 is 0.962 bits per heavy atom. The van der Waals surface area contributed by atoms with E-state index in [1.165, 1.54) is 37.7 Å². The Kier molecular flexibility index (Phi) is 7.18. The summed E-state index contributed by atoms with van der Waals surface area (Å²) in [5.74, 6) is 2.01. The van der Waals surface area contributed by atoms with Crippen molar-refractivity contribution >= 4 is 5.91 Å². The van der Waals surface area contributed by atoms with Crippen LogP contribution < -0.4 is 9.47 Å². The number of unbranched alkanes of at least 4 members (excludes halogenated alkanes) is 5. The maximum absolute atomic E-state index is 12.4. The standard InChI is InChI=1S/C21H32N2O3/c1-2-3-4-5-6-7-8-21(24)23-13-11-22(12-14-23)16-18-9-10-19-20(15-18)26-17-25-19/h9-10,15H,2-8,11-14,16-17H2,1H3. The monoisotopic (exact) mass is 360 g/mol. The fraction of sp³-hybridized carbons (Fsp3) is 0.667. The molecule has 0 atom stereocenters. The number of piperazine rings is 1. The first kappa shape index (κ1) is 19.0. The maximum Gasteiger partial charge on any atom is 0.231 e. The quantitative estimate of drug-likeness (QED) is 0.628. The molecular formula is C21H32N2O3. The molecule has 2 aliphatic heterocycles. The molecule has 0 aliphatic carbocycles. The van der Waals surface area contributed by atoms with E-state index < -0.39 is 0 Å². The summed E-state index contributed by atoms with van der Waals surface area (Å²) in [5.41, 5.74) is 1.24. The average Bonchev–Trinajstić information content (AvgIpc) is 3.13. The normalized spacial score (nSPS) is 16.9. The van der Waals surface area contributed by atoms with Crippen molar-refractivity contribution in [2.45, 2.75) is 58.4 Å². The van der Waals surface area contributed by atoms with Gasteiger partial charge < -0.3 is 14.4 Å². The van der Waals surface area contributed by atoms with Gasteiger partial charge in [-0.25, -0.2) is 0 Å². The Bertz CT molecular complexity index is 583. The lowest BCUT2D eigenvalue weighted by Gasteiger charge is -2.34. The number of ether oxygens (including phenoxy) is 2. The minimum absolute atomic E-state index is 0.318. The molecule has 0 bridgehead atoms. The Morgan fingerprint density at radius 2 is 1.69 bits per heavy atom. The number of benzene rings is 1. The lowest BCUT2D eigenvalue weighted by molar-refractivity contribution is -0.133. The van der Waals surface area contributed by atoms with Crippen molar-refractivity contribution < 1.29 is 14.3 Å². The van der Waals surface area contributed by atoms with Crippen LogP contribution in [-0.4, -0.2) is 48.7 Å². The topological polar surface area (TPSA) is 42.0 Å². The minimum Gasteiger partial charge on any atom is -0.454 e. The van der Waals surface area contributed by atoms with Crippen molar-refractivity contribution in [1.29, 1.82) is 0 Å². The van der Waals surface area contributed by atoms with Crippen LogP contribution in [0.4, 0.5) is 0 Å². The van der Waals surface area contributed by atoms with Crippen molar-refractivity contribution in [3.05, 3.63) is 23.8 Å². The molecule has 1 saturated heterocycles. The fourth-order valence-electron chi connectivity index (χ4n) is 3.67. The predicted octanol–water partition coefficient (Wildman–Crippen LogP) is 3.81. The number of nitrogens with zero attached hydrogens (tertiary/aromatic N) is 2. The van der Waals surface area contributed by atoms with E-state index in [-0.39, 0.29) is 0 Å². The summed E-state index contributed by atoms with van der Waals surface area (Å²) >= 11 is 0. The first-order valence-electron chi connectivity index (χ1n) is 10.1. The summed E-state index contributed by atoms with van der Waals surface area (Å²) < 4.78 is 10.8. The van der Waals surface area contributed by atoms with Crippen molar-refractivity contribution in [3.63, 3.8) is 0 Å². The number of carbonyl (C=O) groups excluding carboxylic acids is 1. The Morgan fingerprint density at radius 3 is 2.50 bits per heavy atom. The van der Waals surface area contributed by atoms with E-state index in [1.807, 2.05) is 11.0 Å². The van der Waals surface area contributed by atoms with Gasteiger partial charge in [-0.2, -0.15) is 0 Å². The summed E-state index contributed by atoms with van der Waals surface area (Å²) in [6.07, 6.45) is 8.12. The number of carbonyl (C=O) groups is 1. The summed E-state index contributed by atoms with van der Waals surface area (Å²) in [6, 6.07) is 6.15. The van der Waals surface area contributed by atoms with E-state index >= 15 is 0 Å². The molecule has 3 rings (SSSR count). The van der Waals surface area contributed by atoms with Crippen LogP contribution in [0.15, 0.2) is 18.2 Å². The summed E-state index contributed by atoms with van der Waals surface area (Å²) in [5, 5.41) is 0. The van der Waals surface area contributed by atoms with Gasteiger partial charge in [0.05, 0.1) is 0 Å². The highest BCUT2D eigenvalue weighted by atomic mass is 16.7. The predicted molar refractivity (Wildman–Crippen MR) is 102 cm³/mol. The third-order valence-corrected chi connectivity index (χ3v) is 5.31. The van der Waals surface area contributed by atoms with Gasteiger partial charge in [0.25, 0.3) is 0 Å². The Balaban J connectivity index is 1.34. The lowest BCUT2D eigenvalue weighted by atomic mass is 10.1. The molecule has 0 unspecified atom stereocenters. The molecule has 5 heteroatoms. The van der Waals surface area contributed by atoms with E-state index in [9.17, 15) is 4.79 Å². The highest BCUT2D eigenvalue weighted by molar-refractivity contribution is 5.76. The molecule has 0 spiro atoms. The molecule has 1 aromatic rings. The molecule has 0 aromatic heterocycles. The maximum atomic E-state index is 12.4. The van der Waals surface area contributed by atoms with Crippen LogP contribution in [0.5, 0.6) is 11.5 Å². The summed E-state index contributed by atoms with van der Waals surface area (Å²) in [6.45, 7) is 7.02. The van der Waals surface area contributed by atoms with E-state index in [4.69, 9.17) is 9.47 Å². The first-order chi connectivity index (χ1) is 12.8. The van der Waals surface area contributed by atoms with Crippen molar-refractivity contribution in [2.24, 2.45) is 0 Å². The molecule has 2 heterocycles. The van der Waals surface area contributed by atoms with Gasteiger partial charge in [0.2, 0.25) is 12.7 Å². The van der Waals surface area contributed by atoms with Crippen LogP contribution >= 0.6 is 0 Å². The van der Waals surface area contributed by atoms with E-state index in [2.05, 4.69) is 24.0 Å². The van der Waals surface area contributed by atoms with Crippen LogP contribution in [0.25, 0.3) is 0 Å². The molecule has 0 N–H and O–H groups in total. The highest BCUT2D eigenvalue weighted by Crippen LogP contribution is 2.32. The van der Waals surface area contributed by atoms with Gasteiger partial charge in [0.1, 0.15) is 0 Å². The van der Waals surface area contributed by atoms with Crippen molar-refractivity contribution in [3.8, 4) is 11.5 Å². The van der Waals surface area contributed by atoms with E-state index in [1.54, 1.807) is 0 Å². The van der Waals surface area contributed by atoms with Gasteiger partial charge in [0, 0.05) is 39.1 Å². The summed E-state index contributed by atoms with van der Waals surface area (Å²) in [4.78, 5) is 16.8. The van der Waals surface area contributed by atoms with Crippen LogP contribution in [0.1, 0.15) is 57.4 Å².